The lowest BCUT2D eigenvalue weighted by Gasteiger charge is -2.24. The minimum atomic E-state index is -4.50. The Morgan fingerprint density at radius 1 is 1.04 bits per heavy atom. The van der Waals surface area contributed by atoms with E-state index in [2.05, 4.69) is 4.90 Å². The highest BCUT2D eigenvalue weighted by molar-refractivity contribution is 7.88. The first kappa shape index (κ1) is 20.7. The number of hydrogen-bond acceptors (Lipinski definition) is 3. The normalized spacial score (nSPS) is 15.4. The summed E-state index contributed by atoms with van der Waals surface area (Å²) in [5.74, 6) is -0.473. The molecule has 1 aliphatic heterocycles. The van der Waals surface area contributed by atoms with Crippen LogP contribution in [0.15, 0.2) is 48.5 Å². The summed E-state index contributed by atoms with van der Waals surface area (Å²) in [5, 5.41) is 0. The Hall–Kier alpha value is -2.06. The van der Waals surface area contributed by atoms with Crippen LogP contribution in [0.1, 0.15) is 29.5 Å². The fraction of sp³-hybridized carbons (Fsp3) is 0.400. The first-order valence-corrected chi connectivity index (χ1v) is 10.7. The van der Waals surface area contributed by atoms with E-state index in [0.717, 1.165) is 49.3 Å². The second kappa shape index (κ2) is 8.13. The fourth-order valence-corrected chi connectivity index (χ4v) is 4.56. The lowest BCUT2D eigenvalue weighted by Crippen LogP contribution is -2.29. The van der Waals surface area contributed by atoms with Gasteiger partial charge in [-0.3, -0.25) is 0 Å². The molecule has 0 N–H and O–H groups in total. The van der Waals surface area contributed by atoms with Crippen molar-refractivity contribution in [3.05, 3.63) is 65.2 Å². The van der Waals surface area contributed by atoms with Gasteiger partial charge in [0, 0.05) is 32.4 Å². The molecule has 28 heavy (non-hydrogen) atoms. The molecule has 1 aliphatic rings. The predicted molar refractivity (Wildman–Crippen MR) is 103 cm³/mol. The van der Waals surface area contributed by atoms with Gasteiger partial charge in [0.15, 0.2) is 0 Å². The maximum Gasteiger partial charge on any atom is 0.416 e. The zero-order chi connectivity index (χ0) is 20.4. The molecule has 152 valence electrons. The van der Waals surface area contributed by atoms with Gasteiger partial charge in [0.25, 0.3) is 0 Å². The quantitative estimate of drug-likeness (QED) is 0.712. The van der Waals surface area contributed by atoms with E-state index in [0.29, 0.717) is 0 Å². The standard InChI is InChI=1S/C20H23F3N2O2S/c1-24(14-17-8-2-3-10-19(17)25-11-4-5-12-25)28(26,27)15-16-7-6-9-18(13-16)20(21,22)23/h2-3,6-10,13H,4-5,11-12,14-15H2,1H3. The molecule has 0 amide bonds. The summed E-state index contributed by atoms with van der Waals surface area (Å²) < 4.78 is 65.3. The molecular formula is C20H23F3N2O2S. The van der Waals surface area contributed by atoms with Crippen LogP contribution in [0.3, 0.4) is 0 Å². The second-order valence-electron chi connectivity index (χ2n) is 7.03. The van der Waals surface area contributed by atoms with E-state index in [-0.39, 0.29) is 12.1 Å². The lowest BCUT2D eigenvalue weighted by atomic mass is 10.1. The number of hydrogen-bond donors (Lipinski definition) is 0. The van der Waals surface area contributed by atoms with Gasteiger partial charge in [-0.15, -0.1) is 0 Å². The Morgan fingerprint density at radius 3 is 2.39 bits per heavy atom. The van der Waals surface area contributed by atoms with E-state index in [1.807, 2.05) is 24.3 Å². The zero-order valence-corrected chi connectivity index (χ0v) is 16.4. The summed E-state index contributed by atoms with van der Waals surface area (Å²) in [4.78, 5) is 2.24. The average Bonchev–Trinajstić information content (AvgIpc) is 3.16. The van der Waals surface area contributed by atoms with Gasteiger partial charge in [-0.25, -0.2) is 12.7 Å². The van der Waals surface area contributed by atoms with Gasteiger partial charge in [-0.05, 0) is 36.1 Å². The summed E-state index contributed by atoms with van der Waals surface area (Å²) in [6.45, 7) is 2.06. The van der Waals surface area contributed by atoms with E-state index in [1.165, 1.54) is 23.5 Å². The Kier molecular flexibility index (Phi) is 6.00. The summed E-state index contributed by atoms with van der Waals surface area (Å²) in [6.07, 6.45) is -2.28. The van der Waals surface area contributed by atoms with Crippen LogP contribution in [0.5, 0.6) is 0 Å². The molecule has 0 aromatic heterocycles. The number of nitrogens with zero attached hydrogens (tertiary/aromatic N) is 2. The van der Waals surface area contributed by atoms with Crippen molar-refractivity contribution >= 4 is 15.7 Å². The highest BCUT2D eigenvalue weighted by Crippen LogP contribution is 2.30. The van der Waals surface area contributed by atoms with Gasteiger partial charge in [-0.2, -0.15) is 13.2 Å². The van der Waals surface area contributed by atoms with Gasteiger partial charge >= 0.3 is 6.18 Å². The van der Waals surface area contributed by atoms with E-state index in [1.54, 1.807) is 0 Å². The number of rotatable bonds is 6. The molecule has 3 rings (SSSR count). The molecule has 0 spiro atoms. The second-order valence-corrected chi connectivity index (χ2v) is 9.11. The van der Waals surface area contributed by atoms with Crippen molar-refractivity contribution in [2.24, 2.45) is 0 Å². The molecule has 2 aromatic carbocycles. The van der Waals surface area contributed by atoms with Crippen molar-refractivity contribution in [2.75, 3.05) is 25.0 Å². The van der Waals surface area contributed by atoms with Gasteiger partial charge in [0.05, 0.1) is 11.3 Å². The van der Waals surface area contributed by atoms with Crippen LogP contribution in [0.2, 0.25) is 0 Å². The predicted octanol–water partition coefficient (Wildman–Crippen LogP) is 4.27. The smallest absolute Gasteiger partial charge is 0.371 e. The maximum atomic E-state index is 12.9. The monoisotopic (exact) mass is 412 g/mol. The van der Waals surface area contributed by atoms with E-state index in [9.17, 15) is 21.6 Å². The Balaban J connectivity index is 1.77. The third kappa shape index (κ3) is 4.86. The highest BCUT2D eigenvalue weighted by atomic mass is 32.2. The number of anilines is 1. The van der Waals surface area contributed by atoms with Crippen molar-refractivity contribution in [1.82, 2.24) is 4.31 Å². The largest absolute Gasteiger partial charge is 0.416 e. The van der Waals surface area contributed by atoms with Crippen LogP contribution < -0.4 is 4.90 Å². The van der Waals surface area contributed by atoms with Gasteiger partial charge in [0.2, 0.25) is 10.0 Å². The van der Waals surface area contributed by atoms with Crippen LogP contribution in [0.25, 0.3) is 0 Å². The first-order valence-electron chi connectivity index (χ1n) is 9.10. The van der Waals surface area contributed by atoms with E-state index in [4.69, 9.17) is 0 Å². The summed E-state index contributed by atoms with van der Waals surface area (Å²) in [7, 11) is -2.30. The van der Waals surface area contributed by atoms with Crippen molar-refractivity contribution in [3.8, 4) is 0 Å². The third-order valence-electron chi connectivity index (χ3n) is 4.91. The van der Waals surface area contributed by atoms with Gasteiger partial charge in [0.1, 0.15) is 0 Å². The first-order chi connectivity index (χ1) is 13.2. The summed E-state index contributed by atoms with van der Waals surface area (Å²) >= 11 is 0. The molecular weight excluding hydrogens is 389 g/mol. The topological polar surface area (TPSA) is 40.6 Å². The Labute approximate surface area is 163 Å². The number of benzene rings is 2. The molecule has 0 aliphatic carbocycles. The van der Waals surface area contributed by atoms with Crippen LogP contribution in [-0.2, 0) is 28.5 Å². The van der Waals surface area contributed by atoms with Gasteiger partial charge < -0.3 is 4.90 Å². The number of alkyl halides is 3. The molecule has 1 heterocycles. The highest BCUT2D eigenvalue weighted by Gasteiger charge is 2.31. The molecule has 2 aromatic rings. The molecule has 0 unspecified atom stereocenters. The molecule has 0 atom stereocenters. The Morgan fingerprint density at radius 2 is 1.71 bits per heavy atom. The summed E-state index contributed by atoms with van der Waals surface area (Å²) in [5.41, 5.74) is 1.18. The lowest BCUT2D eigenvalue weighted by molar-refractivity contribution is -0.137. The maximum absolute atomic E-state index is 12.9. The zero-order valence-electron chi connectivity index (χ0n) is 15.6. The molecule has 0 bridgehead atoms. The van der Waals surface area contributed by atoms with Crippen molar-refractivity contribution in [1.29, 1.82) is 0 Å². The molecule has 4 nitrogen and oxygen atoms in total. The Bertz CT molecular complexity index is 923. The number of sulfonamides is 1. The molecule has 8 heteroatoms. The van der Waals surface area contributed by atoms with E-state index >= 15 is 0 Å². The van der Waals surface area contributed by atoms with E-state index < -0.39 is 27.5 Å². The van der Waals surface area contributed by atoms with Crippen molar-refractivity contribution < 1.29 is 21.6 Å². The van der Waals surface area contributed by atoms with Gasteiger partial charge in [-0.1, -0.05) is 36.4 Å². The van der Waals surface area contributed by atoms with Crippen molar-refractivity contribution in [2.45, 2.75) is 31.3 Å². The van der Waals surface area contributed by atoms with Crippen LogP contribution in [-0.4, -0.2) is 32.9 Å². The number of para-hydroxylation sites is 1. The minimum absolute atomic E-state index is 0.120. The average molecular weight is 412 g/mol. The SMILES string of the molecule is CN(Cc1ccccc1N1CCCC1)S(=O)(=O)Cc1cccc(C(F)(F)F)c1. The molecule has 1 fully saturated rings. The van der Waals surface area contributed by atoms with Crippen molar-refractivity contribution in [3.63, 3.8) is 0 Å². The molecule has 1 saturated heterocycles. The number of halogens is 3. The summed E-state index contributed by atoms with van der Waals surface area (Å²) in [6, 6.07) is 12.1. The molecule has 0 saturated carbocycles. The van der Waals surface area contributed by atoms with Crippen LogP contribution in [0.4, 0.5) is 18.9 Å². The van der Waals surface area contributed by atoms with Crippen LogP contribution >= 0.6 is 0 Å². The van der Waals surface area contributed by atoms with Crippen LogP contribution in [0, 0.1) is 0 Å². The minimum Gasteiger partial charge on any atom is -0.371 e. The third-order valence-corrected chi connectivity index (χ3v) is 6.69. The fourth-order valence-electron chi connectivity index (χ4n) is 3.41. The molecule has 0 radical (unpaired) electrons.